The average molecular weight is 503 g/mol. The predicted octanol–water partition coefficient (Wildman–Crippen LogP) is 4.07. The highest BCUT2D eigenvalue weighted by Gasteiger charge is 2.30. The van der Waals surface area contributed by atoms with Gasteiger partial charge in [-0.25, -0.2) is 8.42 Å². The van der Waals surface area contributed by atoms with Crippen LogP contribution < -0.4 is 0 Å². The molecule has 1 aliphatic rings. The van der Waals surface area contributed by atoms with Gasteiger partial charge in [0.1, 0.15) is 6.54 Å². The monoisotopic (exact) mass is 502 g/mol. The number of carbonyl (C=O) groups is 2. The van der Waals surface area contributed by atoms with Crippen molar-refractivity contribution in [3.05, 3.63) is 65.3 Å². The lowest BCUT2D eigenvalue weighted by Crippen LogP contribution is -2.44. The molecule has 0 N–H and O–H groups in total. The second-order valence-corrected chi connectivity index (χ2v) is 10.8. The van der Waals surface area contributed by atoms with Crippen molar-refractivity contribution in [2.75, 3.05) is 19.7 Å². The van der Waals surface area contributed by atoms with Crippen molar-refractivity contribution in [3.63, 3.8) is 0 Å². The molecule has 1 saturated heterocycles. The maximum absolute atomic E-state index is 13.3. The smallest absolute Gasteiger partial charge is 0.310 e. The number of sulfone groups is 1. The summed E-state index contributed by atoms with van der Waals surface area (Å²) < 4.78 is 33.4. The highest BCUT2D eigenvalue weighted by Crippen LogP contribution is 2.29. The number of hydrogen-bond donors (Lipinski definition) is 0. The zero-order valence-electron chi connectivity index (χ0n) is 18.9. The molecule has 3 aromatic rings. The molecule has 1 fully saturated rings. The van der Waals surface area contributed by atoms with Crippen LogP contribution in [0.4, 0.5) is 0 Å². The summed E-state index contributed by atoms with van der Waals surface area (Å²) >= 11 is 5.92. The van der Waals surface area contributed by atoms with E-state index in [4.69, 9.17) is 16.3 Å². The molecular weight excluding hydrogens is 476 g/mol. The number of fused-ring (bicyclic) bond motifs is 1. The van der Waals surface area contributed by atoms with Crippen LogP contribution >= 0.6 is 11.6 Å². The number of para-hydroxylation sites is 1. The number of halogens is 1. The zero-order valence-corrected chi connectivity index (χ0v) is 20.5. The molecule has 1 atom stereocenters. The van der Waals surface area contributed by atoms with E-state index in [1.165, 1.54) is 0 Å². The van der Waals surface area contributed by atoms with Gasteiger partial charge in [0.2, 0.25) is 5.91 Å². The highest BCUT2D eigenvalue weighted by molar-refractivity contribution is 7.90. The van der Waals surface area contributed by atoms with Gasteiger partial charge in [0.25, 0.3) is 0 Å². The van der Waals surface area contributed by atoms with Crippen molar-refractivity contribution in [1.29, 1.82) is 0 Å². The van der Waals surface area contributed by atoms with Crippen LogP contribution in [-0.2, 0) is 36.5 Å². The Kier molecular flexibility index (Phi) is 7.28. The molecular formula is C25H27ClN2O5S. The van der Waals surface area contributed by atoms with Gasteiger partial charge in [-0.2, -0.15) is 0 Å². The topological polar surface area (TPSA) is 85.7 Å². The standard InChI is InChI=1S/C25H27ClN2O5S/c1-2-33-25(30)19-6-5-13-27(14-19)24(29)16-28-15-23(21-7-3-4-8-22(21)28)34(31,32)17-18-9-11-20(26)12-10-18/h3-4,7-12,15,19H,2,5-6,13-14,16-17H2,1H3. The first-order valence-corrected chi connectivity index (χ1v) is 13.3. The first kappa shape index (κ1) is 24.3. The van der Waals surface area contributed by atoms with E-state index < -0.39 is 9.84 Å². The van der Waals surface area contributed by atoms with Crippen molar-refractivity contribution in [2.24, 2.45) is 5.92 Å². The summed E-state index contributed by atoms with van der Waals surface area (Å²) in [6, 6.07) is 13.9. The fraction of sp³-hybridized carbons (Fsp3) is 0.360. The number of nitrogens with zero attached hydrogens (tertiary/aromatic N) is 2. The van der Waals surface area contributed by atoms with E-state index in [1.54, 1.807) is 59.0 Å². The summed E-state index contributed by atoms with van der Waals surface area (Å²) in [6.45, 7) is 2.95. The van der Waals surface area contributed by atoms with Crippen LogP contribution in [0.3, 0.4) is 0 Å². The summed E-state index contributed by atoms with van der Waals surface area (Å²) in [5.41, 5.74) is 1.31. The highest BCUT2D eigenvalue weighted by atomic mass is 35.5. The van der Waals surface area contributed by atoms with Crippen LogP contribution in [0.15, 0.2) is 59.6 Å². The summed E-state index contributed by atoms with van der Waals surface area (Å²) in [6.07, 6.45) is 2.96. The minimum atomic E-state index is -3.67. The van der Waals surface area contributed by atoms with Crippen LogP contribution in [0.2, 0.25) is 5.02 Å². The number of ether oxygens (including phenoxy) is 1. The van der Waals surface area contributed by atoms with E-state index in [0.717, 1.165) is 6.42 Å². The lowest BCUT2D eigenvalue weighted by Gasteiger charge is -2.31. The van der Waals surface area contributed by atoms with Gasteiger partial charge in [-0.1, -0.05) is 41.9 Å². The third-order valence-electron chi connectivity index (χ3n) is 6.06. The van der Waals surface area contributed by atoms with Crippen molar-refractivity contribution < 1.29 is 22.7 Å². The van der Waals surface area contributed by atoms with Gasteiger partial charge in [0, 0.05) is 35.2 Å². The second kappa shape index (κ2) is 10.2. The normalized spacial score (nSPS) is 16.5. The van der Waals surface area contributed by atoms with Crippen molar-refractivity contribution >= 4 is 44.2 Å². The average Bonchev–Trinajstić information content (AvgIpc) is 3.20. The van der Waals surface area contributed by atoms with E-state index in [1.807, 2.05) is 12.1 Å². The maximum atomic E-state index is 13.3. The third kappa shape index (κ3) is 5.28. The van der Waals surface area contributed by atoms with Crippen molar-refractivity contribution in [2.45, 2.75) is 37.0 Å². The van der Waals surface area contributed by atoms with Crippen molar-refractivity contribution in [3.8, 4) is 0 Å². The SMILES string of the molecule is CCOC(=O)C1CCCN(C(=O)Cn2cc(S(=O)(=O)Cc3ccc(Cl)cc3)c3ccccc32)C1. The molecule has 1 amide bonds. The largest absolute Gasteiger partial charge is 0.466 e. The Morgan fingerprint density at radius 3 is 2.59 bits per heavy atom. The summed E-state index contributed by atoms with van der Waals surface area (Å²) in [5.74, 6) is -0.924. The number of hydrogen-bond acceptors (Lipinski definition) is 5. The first-order chi connectivity index (χ1) is 16.3. The molecule has 2 aromatic carbocycles. The number of benzene rings is 2. The van der Waals surface area contributed by atoms with Gasteiger partial charge >= 0.3 is 5.97 Å². The van der Waals surface area contributed by atoms with Crippen LogP contribution in [0.5, 0.6) is 0 Å². The van der Waals surface area contributed by atoms with Gasteiger partial charge in [-0.05, 0) is 43.5 Å². The quantitative estimate of drug-likeness (QED) is 0.454. The van der Waals surface area contributed by atoms with Crippen LogP contribution in [0.1, 0.15) is 25.3 Å². The number of aromatic nitrogens is 1. The van der Waals surface area contributed by atoms with Crippen LogP contribution in [-0.4, -0.2) is 49.5 Å². The Labute approximate surface area is 204 Å². The lowest BCUT2D eigenvalue weighted by atomic mass is 9.98. The van der Waals surface area contributed by atoms with Crippen LogP contribution in [0.25, 0.3) is 10.9 Å². The van der Waals surface area contributed by atoms with Gasteiger partial charge in [-0.15, -0.1) is 0 Å². The predicted molar refractivity (Wildman–Crippen MR) is 130 cm³/mol. The van der Waals surface area contributed by atoms with E-state index >= 15 is 0 Å². The van der Waals surface area contributed by atoms with Gasteiger partial charge in [-0.3, -0.25) is 9.59 Å². The summed E-state index contributed by atoms with van der Waals surface area (Å²) in [4.78, 5) is 27.1. The Bertz CT molecular complexity index is 1300. The Hall–Kier alpha value is -2.84. The minimum absolute atomic E-state index is 0.00742. The van der Waals surface area contributed by atoms with Gasteiger partial charge in [0.05, 0.1) is 23.2 Å². The molecule has 180 valence electrons. The van der Waals surface area contributed by atoms with E-state index in [9.17, 15) is 18.0 Å². The number of rotatable bonds is 7. The second-order valence-electron chi connectivity index (χ2n) is 8.45. The molecule has 34 heavy (non-hydrogen) atoms. The van der Waals surface area contributed by atoms with E-state index in [0.29, 0.717) is 47.6 Å². The molecule has 4 rings (SSSR count). The van der Waals surface area contributed by atoms with Gasteiger partial charge in [0.15, 0.2) is 9.84 Å². The molecule has 0 saturated carbocycles. The van der Waals surface area contributed by atoms with Crippen LogP contribution in [0, 0.1) is 5.92 Å². The molecule has 1 aliphatic heterocycles. The number of carbonyl (C=O) groups excluding carboxylic acids is 2. The summed E-state index contributed by atoms with van der Waals surface area (Å²) in [5, 5.41) is 1.12. The van der Waals surface area contributed by atoms with Gasteiger partial charge < -0.3 is 14.2 Å². The van der Waals surface area contributed by atoms with E-state index in [-0.39, 0.29) is 35.0 Å². The zero-order chi connectivity index (χ0) is 24.3. The third-order valence-corrected chi connectivity index (χ3v) is 8.02. The maximum Gasteiger partial charge on any atom is 0.310 e. The Morgan fingerprint density at radius 2 is 1.85 bits per heavy atom. The number of piperidine rings is 1. The Morgan fingerprint density at radius 1 is 1.12 bits per heavy atom. The van der Waals surface area contributed by atoms with E-state index in [2.05, 4.69) is 0 Å². The molecule has 0 spiro atoms. The molecule has 1 aromatic heterocycles. The molecule has 2 heterocycles. The molecule has 0 aliphatic carbocycles. The molecule has 9 heteroatoms. The number of amides is 1. The number of esters is 1. The molecule has 1 unspecified atom stereocenters. The molecule has 0 bridgehead atoms. The minimum Gasteiger partial charge on any atom is -0.466 e. The Balaban J connectivity index is 1.57. The molecule has 7 nitrogen and oxygen atoms in total. The molecule has 0 radical (unpaired) electrons. The summed E-state index contributed by atoms with van der Waals surface area (Å²) in [7, 11) is -3.67. The van der Waals surface area contributed by atoms with Crippen molar-refractivity contribution in [1.82, 2.24) is 9.47 Å². The fourth-order valence-electron chi connectivity index (χ4n) is 4.37. The fourth-order valence-corrected chi connectivity index (χ4v) is 6.08. The number of likely N-dealkylation sites (tertiary alicyclic amines) is 1. The lowest BCUT2D eigenvalue weighted by molar-refractivity contribution is -0.151. The first-order valence-electron chi connectivity index (χ1n) is 11.3.